The van der Waals surface area contributed by atoms with Crippen molar-refractivity contribution in [1.29, 1.82) is 0 Å². The van der Waals surface area contributed by atoms with Crippen LogP contribution in [0.25, 0.3) is 0 Å². The molecule has 1 heterocycles. The minimum atomic E-state index is -1.06. The maximum absolute atomic E-state index is 11.1. The van der Waals surface area contributed by atoms with Gasteiger partial charge in [0.15, 0.2) is 5.69 Å². The number of nitrogens with one attached hydrogen (secondary N) is 1. The van der Waals surface area contributed by atoms with Crippen molar-refractivity contribution in [3.63, 3.8) is 0 Å². The lowest BCUT2D eigenvalue weighted by Gasteiger charge is -2.11. The van der Waals surface area contributed by atoms with Gasteiger partial charge >= 0.3 is 12.0 Å². The molecule has 88 valence electrons. The Bertz CT molecular complexity index is 386. The van der Waals surface area contributed by atoms with E-state index in [1.165, 1.54) is 17.4 Å². The summed E-state index contributed by atoms with van der Waals surface area (Å²) >= 11 is 0. The minimum absolute atomic E-state index is 0.000985. The molecule has 0 aromatic carbocycles. The molecule has 0 unspecified atom stereocenters. The van der Waals surface area contributed by atoms with Gasteiger partial charge in [0, 0.05) is 33.4 Å². The number of aromatic nitrogens is 2. The Hall–Kier alpha value is -2.05. The molecule has 16 heavy (non-hydrogen) atoms. The summed E-state index contributed by atoms with van der Waals surface area (Å²) in [5, 5.41) is 11.3. The van der Waals surface area contributed by atoms with Crippen LogP contribution in [-0.4, -0.2) is 52.2 Å². The van der Waals surface area contributed by atoms with Gasteiger partial charge in [0.1, 0.15) is 0 Å². The fourth-order valence-corrected chi connectivity index (χ4v) is 1.04. The first-order chi connectivity index (χ1) is 7.50. The minimum Gasteiger partial charge on any atom is -0.476 e. The average Bonchev–Trinajstić information content (AvgIpc) is 2.66. The first kappa shape index (κ1) is 12.0. The van der Waals surface area contributed by atoms with Crippen LogP contribution in [0.1, 0.15) is 10.5 Å². The SMILES string of the molecule is CN(C)C(=O)NCCn1cnc(C(=O)O)c1. The molecule has 7 nitrogen and oxygen atoms in total. The summed E-state index contributed by atoms with van der Waals surface area (Å²) in [6.45, 7) is 0.909. The number of aromatic carboxylic acids is 1. The maximum Gasteiger partial charge on any atom is 0.356 e. The molecule has 1 rings (SSSR count). The molecule has 0 aliphatic rings. The quantitative estimate of drug-likeness (QED) is 0.747. The lowest BCUT2D eigenvalue weighted by Crippen LogP contribution is -2.36. The number of urea groups is 1. The van der Waals surface area contributed by atoms with E-state index in [4.69, 9.17) is 5.11 Å². The van der Waals surface area contributed by atoms with E-state index in [-0.39, 0.29) is 11.7 Å². The van der Waals surface area contributed by atoms with Gasteiger partial charge in [0.25, 0.3) is 0 Å². The zero-order valence-electron chi connectivity index (χ0n) is 9.17. The number of carboxylic acids is 1. The summed E-state index contributed by atoms with van der Waals surface area (Å²) in [5.74, 6) is -1.06. The topological polar surface area (TPSA) is 87.5 Å². The molecule has 0 saturated carbocycles. The smallest absolute Gasteiger partial charge is 0.356 e. The largest absolute Gasteiger partial charge is 0.476 e. The molecule has 2 N–H and O–H groups in total. The van der Waals surface area contributed by atoms with Crippen LogP contribution in [0.5, 0.6) is 0 Å². The molecule has 0 spiro atoms. The van der Waals surface area contributed by atoms with Crippen LogP contribution in [0.15, 0.2) is 12.5 Å². The highest BCUT2D eigenvalue weighted by Crippen LogP contribution is 1.95. The Morgan fingerprint density at radius 1 is 1.56 bits per heavy atom. The standard InChI is InChI=1S/C9H14N4O3/c1-12(2)9(16)10-3-4-13-5-7(8(14)15)11-6-13/h5-6H,3-4H2,1-2H3,(H,10,16)(H,14,15). The molecule has 0 aliphatic carbocycles. The van der Waals surface area contributed by atoms with Gasteiger partial charge in [-0.2, -0.15) is 0 Å². The van der Waals surface area contributed by atoms with Crippen molar-refractivity contribution in [1.82, 2.24) is 19.8 Å². The number of hydrogen-bond donors (Lipinski definition) is 2. The van der Waals surface area contributed by atoms with Crippen molar-refractivity contribution in [2.24, 2.45) is 0 Å². The van der Waals surface area contributed by atoms with Gasteiger partial charge in [-0.25, -0.2) is 14.6 Å². The summed E-state index contributed by atoms with van der Waals surface area (Å²) in [6, 6.07) is -0.182. The Labute approximate surface area is 92.7 Å². The van der Waals surface area contributed by atoms with E-state index in [2.05, 4.69) is 10.3 Å². The normalized spacial score (nSPS) is 9.88. The number of carbonyl (C=O) groups is 2. The number of nitrogens with zero attached hydrogens (tertiary/aromatic N) is 3. The van der Waals surface area contributed by atoms with Crippen molar-refractivity contribution in [2.45, 2.75) is 6.54 Å². The third-order valence-electron chi connectivity index (χ3n) is 1.90. The Kier molecular flexibility index (Phi) is 3.87. The van der Waals surface area contributed by atoms with Crippen LogP contribution < -0.4 is 5.32 Å². The van der Waals surface area contributed by atoms with Crippen LogP contribution in [0.2, 0.25) is 0 Å². The van der Waals surface area contributed by atoms with Crippen LogP contribution in [0.3, 0.4) is 0 Å². The van der Waals surface area contributed by atoms with Crippen molar-refractivity contribution in [2.75, 3.05) is 20.6 Å². The summed E-state index contributed by atoms with van der Waals surface area (Å²) in [4.78, 5) is 26.8. The molecule has 1 aromatic heterocycles. The van der Waals surface area contributed by atoms with Gasteiger partial charge in [-0.15, -0.1) is 0 Å². The number of carboxylic acid groups (broad SMARTS) is 1. The lowest BCUT2D eigenvalue weighted by atomic mass is 10.5. The first-order valence-corrected chi connectivity index (χ1v) is 4.71. The first-order valence-electron chi connectivity index (χ1n) is 4.71. The molecule has 0 radical (unpaired) electrons. The molecule has 1 aromatic rings. The molecule has 0 fully saturated rings. The van der Waals surface area contributed by atoms with E-state index in [0.29, 0.717) is 13.1 Å². The van der Waals surface area contributed by atoms with E-state index >= 15 is 0 Å². The fraction of sp³-hybridized carbons (Fsp3) is 0.444. The summed E-state index contributed by atoms with van der Waals surface area (Å²) in [5.41, 5.74) is -0.000985. The van der Waals surface area contributed by atoms with Gasteiger partial charge in [-0.05, 0) is 0 Å². The second-order valence-corrected chi connectivity index (χ2v) is 3.43. The van der Waals surface area contributed by atoms with Crippen molar-refractivity contribution < 1.29 is 14.7 Å². The van der Waals surface area contributed by atoms with Crippen LogP contribution in [-0.2, 0) is 6.54 Å². The number of amides is 2. The van der Waals surface area contributed by atoms with Crippen LogP contribution in [0.4, 0.5) is 4.79 Å². The third-order valence-corrected chi connectivity index (χ3v) is 1.90. The second kappa shape index (κ2) is 5.15. The summed E-state index contributed by atoms with van der Waals surface area (Å²) in [6.07, 6.45) is 2.84. The van der Waals surface area contributed by atoms with Gasteiger partial charge in [0.2, 0.25) is 0 Å². The summed E-state index contributed by atoms with van der Waals surface area (Å²) in [7, 11) is 3.30. The molecule has 0 aliphatic heterocycles. The molecular formula is C9H14N4O3. The second-order valence-electron chi connectivity index (χ2n) is 3.43. The number of hydrogen-bond acceptors (Lipinski definition) is 3. The van der Waals surface area contributed by atoms with Crippen molar-refractivity contribution in [3.8, 4) is 0 Å². The maximum atomic E-state index is 11.1. The average molecular weight is 226 g/mol. The molecule has 0 bridgehead atoms. The third kappa shape index (κ3) is 3.26. The predicted octanol–water partition coefficient (Wildman–Crippen LogP) is -0.147. The zero-order chi connectivity index (χ0) is 12.1. The van der Waals surface area contributed by atoms with E-state index in [0.717, 1.165) is 0 Å². The lowest BCUT2D eigenvalue weighted by molar-refractivity contribution is 0.0691. The van der Waals surface area contributed by atoms with Crippen molar-refractivity contribution in [3.05, 3.63) is 18.2 Å². The molecule has 0 atom stereocenters. The predicted molar refractivity (Wildman–Crippen MR) is 56.3 cm³/mol. The van der Waals surface area contributed by atoms with Gasteiger partial charge in [-0.3, -0.25) is 0 Å². The highest BCUT2D eigenvalue weighted by atomic mass is 16.4. The van der Waals surface area contributed by atoms with Gasteiger partial charge in [0.05, 0.1) is 6.33 Å². The van der Waals surface area contributed by atoms with E-state index < -0.39 is 5.97 Å². The molecule has 0 saturated heterocycles. The summed E-state index contributed by atoms with van der Waals surface area (Å²) < 4.78 is 1.61. The van der Waals surface area contributed by atoms with Gasteiger partial charge < -0.3 is 19.9 Å². The molecule has 2 amide bonds. The highest BCUT2D eigenvalue weighted by molar-refractivity contribution is 5.84. The van der Waals surface area contributed by atoms with Gasteiger partial charge in [-0.1, -0.05) is 0 Å². The van der Waals surface area contributed by atoms with E-state index in [1.807, 2.05) is 0 Å². The Balaban J connectivity index is 2.37. The number of rotatable bonds is 4. The number of imidazole rings is 1. The van der Waals surface area contributed by atoms with Crippen LogP contribution >= 0.6 is 0 Å². The Morgan fingerprint density at radius 3 is 2.75 bits per heavy atom. The monoisotopic (exact) mass is 226 g/mol. The van der Waals surface area contributed by atoms with Crippen molar-refractivity contribution >= 4 is 12.0 Å². The highest BCUT2D eigenvalue weighted by Gasteiger charge is 2.06. The number of carbonyl (C=O) groups excluding carboxylic acids is 1. The van der Waals surface area contributed by atoms with E-state index in [1.54, 1.807) is 18.7 Å². The zero-order valence-corrected chi connectivity index (χ0v) is 9.17. The van der Waals surface area contributed by atoms with E-state index in [9.17, 15) is 9.59 Å². The molecular weight excluding hydrogens is 212 g/mol. The van der Waals surface area contributed by atoms with Crippen LogP contribution in [0, 0.1) is 0 Å². The Morgan fingerprint density at radius 2 is 2.25 bits per heavy atom. The molecule has 7 heteroatoms. The fourth-order valence-electron chi connectivity index (χ4n) is 1.04.